The average molecular weight is 296 g/mol. The molecule has 116 valence electrons. The van der Waals surface area contributed by atoms with Crippen molar-refractivity contribution in [2.24, 2.45) is 0 Å². The molecule has 8 heteroatoms. The lowest BCUT2D eigenvalue weighted by Crippen LogP contribution is -2.45. The van der Waals surface area contributed by atoms with E-state index in [2.05, 4.69) is 10.3 Å². The van der Waals surface area contributed by atoms with Gasteiger partial charge in [-0.3, -0.25) is 4.79 Å². The second kappa shape index (κ2) is 6.66. The standard InChI is InChI=1S/C13H20N4O4/c1-4-20-13(19)12-10(3)17(15-14-12)8-11(18)16-5-6-21-9(2)7-16/h9H,4-8H2,1-3H3. The van der Waals surface area contributed by atoms with Crippen molar-refractivity contribution in [2.45, 2.75) is 33.4 Å². The highest BCUT2D eigenvalue weighted by Crippen LogP contribution is 2.09. The maximum atomic E-state index is 12.2. The molecule has 1 saturated heterocycles. The first-order valence-corrected chi connectivity index (χ1v) is 6.99. The van der Waals surface area contributed by atoms with Gasteiger partial charge in [-0.1, -0.05) is 5.21 Å². The number of hydrogen-bond donors (Lipinski definition) is 0. The number of nitrogens with zero attached hydrogens (tertiary/aromatic N) is 4. The van der Waals surface area contributed by atoms with Crippen LogP contribution in [0.25, 0.3) is 0 Å². The number of hydrogen-bond acceptors (Lipinski definition) is 6. The van der Waals surface area contributed by atoms with E-state index in [4.69, 9.17) is 9.47 Å². The Morgan fingerprint density at radius 2 is 2.24 bits per heavy atom. The van der Waals surface area contributed by atoms with Crippen molar-refractivity contribution in [3.8, 4) is 0 Å². The van der Waals surface area contributed by atoms with Crippen LogP contribution in [-0.2, 0) is 20.8 Å². The summed E-state index contributed by atoms with van der Waals surface area (Å²) in [4.78, 5) is 25.6. The number of morpholine rings is 1. The fourth-order valence-electron chi connectivity index (χ4n) is 2.17. The molecule has 21 heavy (non-hydrogen) atoms. The third-order valence-corrected chi connectivity index (χ3v) is 3.33. The fourth-order valence-corrected chi connectivity index (χ4v) is 2.17. The second-order valence-corrected chi connectivity index (χ2v) is 4.92. The van der Waals surface area contributed by atoms with Gasteiger partial charge in [-0.2, -0.15) is 0 Å². The molecule has 1 atom stereocenters. The predicted molar refractivity (Wildman–Crippen MR) is 72.7 cm³/mol. The number of aromatic nitrogens is 3. The molecular weight excluding hydrogens is 276 g/mol. The van der Waals surface area contributed by atoms with Crippen LogP contribution in [0.3, 0.4) is 0 Å². The Kier molecular flexibility index (Phi) is 4.89. The van der Waals surface area contributed by atoms with Crippen LogP contribution in [0, 0.1) is 6.92 Å². The van der Waals surface area contributed by atoms with E-state index in [-0.39, 0.29) is 30.9 Å². The predicted octanol–water partition coefficient (Wildman–Crippen LogP) is 0.0105. The van der Waals surface area contributed by atoms with E-state index in [0.29, 0.717) is 25.4 Å². The number of carbonyl (C=O) groups excluding carboxylic acids is 2. The largest absolute Gasteiger partial charge is 0.461 e. The van der Waals surface area contributed by atoms with E-state index in [1.165, 1.54) is 4.68 Å². The minimum absolute atomic E-state index is 0.0367. The molecule has 1 aliphatic rings. The molecule has 1 fully saturated rings. The van der Waals surface area contributed by atoms with Gasteiger partial charge in [0.15, 0.2) is 5.69 Å². The SMILES string of the molecule is CCOC(=O)c1nnn(CC(=O)N2CCOC(C)C2)c1C. The molecule has 0 saturated carbocycles. The third-order valence-electron chi connectivity index (χ3n) is 3.33. The molecule has 0 aromatic carbocycles. The summed E-state index contributed by atoms with van der Waals surface area (Å²) in [5.41, 5.74) is 0.683. The van der Waals surface area contributed by atoms with Gasteiger partial charge in [0, 0.05) is 13.1 Å². The highest BCUT2D eigenvalue weighted by Gasteiger charge is 2.24. The molecule has 1 aromatic rings. The van der Waals surface area contributed by atoms with Gasteiger partial charge < -0.3 is 14.4 Å². The van der Waals surface area contributed by atoms with Crippen LogP contribution in [0.4, 0.5) is 0 Å². The number of rotatable bonds is 4. The topological polar surface area (TPSA) is 86.5 Å². The first kappa shape index (κ1) is 15.4. The van der Waals surface area contributed by atoms with Crippen molar-refractivity contribution >= 4 is 11.9 Å². The maximum absolute atomic E-state index is 12.2. The molecule has 0 aliphatic carbocycles. The molecule has 1 aliphatic heterocycles. The Morgan fingerprint density at radius 1 is 1.48 bits per heavy atom. The number of ether oxygens (including phenoxy) is 2. The van der Waals surface area contributed by atoms with Gasteiger partial charge in [0.05, 0.1) is 25.0 Å². The van der Waals surface area contributed by atoms with Crippen molar-refractivity contribution in [3.63, 3.8) is 0 Å². The van der Waals surface area contributed by atoms with Crippen LogP contribution in [0.1, 0.15) is 30.0 Å². The highest BCUT2D eigenvalue weighted by atomic mass is 16.5. The van der Waals surface area contributed by atoms with E-state index in [0.717, 1.165) is 0 Å². The summed E-state index contributed by atoms with van der Waals surface area (Å²) in [6, 6.07) is 0. The van der Waals surface area contributed by atoms with E-state index < -0.39 is 5.97 Å². The van der Waals surface area contributed by atoms with Crippen LogP contribution in [0.5, 0.6) is 0 Å². The zero-order valence-corrected chi connectivity index (χ0v) is 12.5. The minimum atomic E-state index is -0.520. The molecule has 2 heterocycles. The molecule has 8 nitrogen and oxygen atoms in total. The van der Waals surface area contributed by atoms with Crippen molar-refractivity contribution in [3.05, 3.63) is 11.4 Å². The third kappa shape index (κ3) is 3.57. The summed E-state index contributed by atoms with van der Waals surface area (Å²) in [5.74, 6) is -0.581. The van der Waals surface area contributed by atoms with Gasteiger partial charge in [0.1, 0.15) is 6.54 Å². The van der Waals surface area contributed by atoms with Crippen LogP contribution in [0.15, 0.2) is 0 Å². The highest BCUT2D eigenvalue weighted by molar-refractivity contribution is 5.88. The Bertz CT molecular complexity index is 528. The van der Waals surface area contributed by atoms with E-state index >= 15 is 0 Å². The smallest absolute Gasteiger partial charge is 0.360 e. The van der Waals surface area contributed by atoms with Crippen LogP contribution in [-0.4, -0.2) is 64.2 Å². The van der Waals surface area contributed by atoms with E-state index in [9.17, 15) is 9.59 Å². The molecule has 0 bridgehead atoms. The summed E-state index contributed by atoms with van der Waals surface area (Å²) < 4.78 is 11.7. The van der Waals surface area contributed by atoms with Crippen molar-refractivity contribution < 1.29 is 19.1 Å². The van der Waals surface area contributed by atoms with Crippen LogP contribution >= 0.6 is 0 Å². The van der Waals surface area contributed by atoms with Gasteiger partial charge in [-0.05, 0) is 20.8 Å². The number of carbonyl (C=O) groups is 2. The molecule has 0 spiro atoms. The van der Waals surface area contributed by atoms with Crippen molar-refractivity contribution in [1.29, 1.82) is 0 Å². The number of amides is 1. The molecule has 1 unspecified atom stereocenters. The first-order chi connectivity index (χ1) is 10.0. The summed E-state index contributed by atoms with van der Waals surface area (Å²) in [6.45, 7) is 7.36. The fraction of sp³-hybridized carbons (Fsp3) is 0.692. The Morgan fingerprint density at radius 3 is 2.90 bits per heavy atom. The van der Waals surface area contributed by atoms with Crippen molar-refractivity contribution in [2.75, 3.05) is 26.3 Å². The summed E-state index contributed by atoms with van der Waals surface area (Å²) in [7, 11) is 0. The van der Waals surface area contributed by atoms with Gasteiger partial charge in [0.25, 0.3) is 0 Å². The zero-order valence-electron chi connectivity index (χ0n) is 12.5. The van der Waals surface area contributed by atoms with Crippen LogP contribution < -0.4 is 0 Å². The van der Waals surface area contributed by atoms with Crippen LogP contribution in [0.2, 0.25) is 0 Å². The summed E-state index contributed by atoms with van der Waals surface area (Å²) >= 11 is 0. The van der Waals surface area contributed by atoms with Gasteiger partial charge >= 0.3 is 5.97 Å². The lowest BCUT2D eigenvalue weighted by molar-refractivity contribution is -0.139. The molecule has 2 rings (SSSR count). The molecule has 0 radical (unpaired) electrons. The van der Waals surface area contributed by atoms with Crippen molar-refractivity contribution in [1.82, 2.24) is 19.9 Å². The Hall–Kier alpha value is -1.96. The van der Waals surface area contributed by atoms with Gasteiger partial charge in [0.2, 0.25) is 5.91 Å². The van der Waals surface area contributed by atoms with Gasteiger partial charge in [-0.15, -0.1) is 5.10 Å². The van der Waals surface area contributed by atoms with Gasteiger partial charge in [-0.25, -0.2) is 9.48 Å². The molecular formula is C13H20N4O4. The second-order valence-electron chi connectivity index (χ2n) is 4.92. The Labute approximate surface area is 123 Å². The quantitative estimate of drug-likeness (QED) is 0.728. The summed E-state index contributed by atoms with van der Waals surface area (Å²) in [6.07, 6.45) is 0.0367. The normalized spacial score (nSPS) is 18.6. The number of esters is 1. The summed E-state index contributed by atoms with van der Waals surface area (Å²) in [5, 5.41) is 7.65. The lowest BCUT2D eigenvalue weighted by atomic mass is 10.3. The first-order valence-electron chi connectivity index (χ1n) is 6.99. The monoisotopic (exact) mass is 296 g/mol. The van der Waals surface area contributed by atoms with E-state index in [1.807, 2.05) is 6.92 Å². The molecule has 0 N–H and O–H groups in total. The maximum Gasteiger partial charge on any atom is 0.360 e. The molecule has 1 aromatic heterocycles. The molecule has 1 amide bonds. The Balaban J connectivity index is 2.03. The van der Waals surface area contributed by atoms with E-state index in [1.54, 1.807) is 18.7 Å². The zero-order chi connectivity index (χ0) is 15.4. The lowest BCUT2D eigenvalue weighted by Gasteiger charge is -2.31. The minimum Gasteiger partial charge on any atom is -0.461 e. The average Bonchev–Trinajstić information content (AvgIpc) is 2.80.